The molecule has 0 saturated heterocycles. The molecule has 0 amide bonds. The van der Waals surface area contributed by atoms with Crippen LogP contribution >= 0.6 is 23.4 Å². The van der Waals surface area contributed by atoms with E-state index in [0.717, 1.165) is 31.8 Å². The van der Waals surface area contributed by atoms with Crippen molar-refractivity contribution in [3.05, 3.63) is 47.0 Å². The number of nitrogens with one attached hydrogen (secondary N) is 1. The number of Topliss-reactive ketones (excluding diaryl/α,β-unsaturated/α-hetero) is 1. The summed E-state index contributed by atoms with van der Waals surface area (Å²) in [6.07, 6.45) is 0. The second-order valence-electron chi connectivity index (χ2n) is 4.13. The molecule has 18 heavy (non-hydrogen) atoms. The van der Waals surface area contributed by atoms with Crippen LogP contribution in [0.5, 0.6) is 0 Å². The average molecular weight is 276 g/mol. The minimum absolute atomic E-state index is 0.0755. The number of anilines is 2. The predicted molar refractivity (Wildman–Crippen MR) is 75.3 cm³/mol. The van der Waals surface area contributed by atoms with Crippen LogP contribution in [0.25, 0.3) is 0 Å². The summed E-state index contributed by atoms with van der Waals surface area (Å²) in [4.78, 5) is 13.6. The molecular formula is C14H10ClNOS. The van der Waals surface area contributed by atoms with E-state index in [0.29, 0.717) is 0 Å². The van der Waals surface area contributed by atoms with Gasteiger partial charge in [0.1, 0.15) is 0 Å². The molecule has 0 spiro atoms. The molecule has 2 aromatic rings. The smallest absolute Gasteiger partial charge is 0.159 e. The molecule has 1 aliphatic rings. The summed E-state index contributed by atoms with van der Waals surface area (Å²) >= 11 is 7.64. The van der Waals surface area contributed by atoms with Gasteiger partial charge >= 0.3 is 0 Å². The second kappa shape index (κ2) is 4.34. The van der Waals surface area contributed by atoms with Crippen LogP contribution in [0.15, 0.2) is 46.2 Å². The molecule has 0 bridgehead atoms. The van der Waals surface area contributed by atoms with Crippen LogP contribution in [0.2, 0.25) is 5.02 Å². The molecule has 2 nitrogen and oxygen atoms in total. The molecule has 1 heterocycles. The number of carbonyl (C=O) groups is 1. The Bertz CT molecular complexity index is 654. The van der Waals surface area contributed by atoms with Crippen LogP contribution in [0.1, 0.15) is 17.3 Å². The fourth-order valence-corrected chi connectivity index (χ4v) is 3.13. The maximum atomic E-state index is 11.4. The highest BCUT2D eigenvalue weighted by Crippen LogP contribution is 2.45. The number of hydrogen-bond donors (Lipinski definition) is 1. The molecule has 1 N–H and O–H groups in total. The van der Waals surface area contributed by atoms with Crippen molar-refractivity contribution < 1.29 is 4.79 Å². The third-order valence-electron chi connectivity index (χ3n) is 2.82. The zero-order chi connectivity index (χ0) is 12.7. The van der Waals surface area contributed by atoms with E-state index in [2.05, 4.69) is 5.32 Å². The summed E-state index contributed by atoms with van der Waals surface area (Å²) in [6.45, 7) is 1.57. The molecule has 0 fully saturated rings. The summed E-state index contributed by atoms with van der Waals surface area (Å²) < 4.78 is 0. The zero-order valence-corrected chi connectivity index (χ0v) is 11.2. The van der Waals surface area contributed by atoms with Crippen molar-refractivity contribution >= 4 is 40.5 Å². The summed E-state index contributed by atoms with van der Waals surface area (Å²) in [5.74, 6) is 0.0755. The Morgan fingerprint density at radius 2 is 1.94 bits per heavy atom. The monoisotopic (exact) mass is 275 g/mol. The molecule has 0 radical (unpaired) electrons. The predicted octanol–water partition coefficient (Wildman–Crippen LogP) is 4.75. The molecule has 4 heteroatoms. The van der Waals surface area contributed by atoms with Gasteiger partial charge in [-0.3, -0.25) is 4.79 Å². The first-order valence-corrected chi connectivity index (χ1v) is 6.72. The molecule has 0 unspecified atom stereocenters. The fraction of sp³-hybridized carbons (Fsp3) is 0.0714. The van der Waals surface area contributed by atoms with E-state index in [1.54, 1.807) is 18.7 Å². The van der Waals surface area contributed by atoms with Crippen LogP contribution in [0.4, 0.5) is 11.4 Å². The van der Waals surface area contributed by atoms with E-state index in [1.807, 2.05) is 36.4 Å². The lowest BCUT2D eigenvalue weighted by molar-refractivity contribution is 0.101. The lowest BCUT2D eigenvalue weighted by Crippen LogP contribution is -2.02. The van der Waals surface area contributed by atoms with Gasteiger partial charge in [-0.15, -0.1) is 0 Å². The Morgan fingerprint density at radius 1 is 1.11 bits per heavy atom. The van der Waals surface area contributed by atoms with Gasteiger partial charge < -0.3 is 5.32 Å². The Morgan fingerprint density at radius 3 is 2.72 bits per heavy atom. The maximum Gasteiger partial charge on any atom is 0.159 e. The molecule has 0 aliphatic carbocycles. The minimum atomic E-state index is 0.0755. The largest absolute Gasteiger partial charge is 0.354 e. The van der Waals surface area contributed by atoms with E-state index in [4.69, 9.17) is 11.6 Å². The van der Waals surface area contributed by atoms with Crippen molar-refractivity contribution in [1.82, 2.24) is 0 Å². The molecule has 2 aromatic carbocycles. The molecule has 0 atom stereocenters. The van der Waals surface area contributed by atoms with Crippen LogP contribution in [0.3, 0.4) is 0 Å². The standard InChI is InChI=1S/C14H10ClNOS/c1-8(17)9-2-5-13-12(6-9)16-11-4-3-10(15)7-14(11)18-13/h2-7,16H,1H3. The van der Waals surface area contributed by atoms with E-state index < -0.39 is 0 Å². The molecule has 90 valence electrons. The Kier molecular flexibility index (Phi) is 2.80. The zero-order valence-electron chi connectivity index (χ0n) is 9.66. The summed E-state index contributed by atoms with van der Waals surface area (Å²) in [5, 5.41) is 4.06. The van der Waals surface area contributed by atoms with Gasteiger partial charge in [0.25, 0.3) is 0 Å². The van der Waals surface area contributed by atoms with Crippen molar-refractivity contribution in [3.8, 4) is 0 Å². The highest BCUT2D eigenvalue weighted by molar-refractivity contribution is 7.99. The van der Waals surface area contributed by atoms with Crippen molar-refractivity contribution in [2.24, 2.45) is 0 Å². The number of halogens is 1. The number of benzene rings is 2. The molecule has 0 aromatic heterocycles. The van der Waals surface area contributed by atoms with Gasteiger partial charge in [0, 0.05) is 20.4 Å². The van der Waals surface area contributed by atoms with Crippen molar-refractivity contribution in [1.29, 1.82) is 0 Å². The lowest BCUT2D eigenvalue weighted by Gasteiger charge is -2.21. The SMILES string of the molecule is CC(=O)c1ccc2c(c1)Nc1ccc(Cl)cc1S2. The van der Waals surface area contributed by atoms with E-state index in [9.17, 15) is 4.79 Å². The second-order valence-corrected chi connectivity index (χ2v) is 5.65. The van der Waals surface area contributed by atoms with Gasteiger partial charge in [0.15, 0.2) is 5.78 Å². The first-order valence-electron chi connectivity index (χ1n) is 5.53. The van der Waals surface area contributed by atoms with Gasteiger partial charge in [-0.2, -0.15) is 0 Å². The third kappa shape index (κ3) is 2.00. The summed E-state index contributed by atoms with van der Waals surface area (Å²) in [6, 6.07) is 11.5. The number of hydrogen-bond acceptors (Lipinski definition) is 3. The van der Waals surface area contributed by atoms with Gasteiger partial charge in [-0.05, 0) is 37.3 Å². The highest BCUT2D eigenvalue weighted by atomic mass is 35.5. The first kappa shape index (κ1) is 11.6. The van der Waals surface area contributed by atoms with Crippen molar-refractivity contribution in [2.45, 2.75) is 16.7 Å². The summed E-state index contributed by atoms with van der Waals surface area (Å²) in [5.41, 5.74) is 2.72. The van der Waals surface area contributed by atoms with Crippen molar-refractivity contribution in [2.75, 3.05) is 5.32 Å². The van der Waals surface area contributed by atoms with Crippen LogP contribution in [-0.4, -0.2) is 5.78 Å². The normalized spacial score (nSPS) is 12.3. The van der Waals surface area contributed by atoms with E-state index in [1.165, 1.54) is 0 Å². The third-order valence-corrected chi connectivity index (χ3v) is 4.19. The van der Waals surface area contributed by atoms with Crippen molar-refractivity contribution in [3.63, 3.8) is 0 Å². The minimum Gasteiger partial charge on any atom is -0.354 e. The molecule has 1 aliphatic heterocycles. The first-order chi connectivity index (χ1) is 8.63. The van der Waals surface area contributed by atoms with E-state index >= 15 is 0 Å². The highest BCUT2D eigenvalue weighted by Gasteiger charge is 2.16. The number of ketones is 1. The van der Waals surface area contributed by atoms with Crippen LogP contribution in [-0.2, 0) is 0 Å². The number of fused-ring (bicyclic) bond motifs is 2. The van der Waals surface area contributed by atoms with Gasteiger partial charge in [0.2, 0.25) is 0 Å². The van der Waals surface area contributed by atoms with Gasteiger partial charge in [0.05, 0.1) is 11.4 Å². The average Bonchev–Trinajstić information content (AvgIpc) is 2.35. The van der Waals surface area contributed by atoms with Gasteiger partial charge in [-0.1, -0.05) is 29.4 Å². The summed E-state index contributed by atoms with van der Waals surface area (Å²) in [7, 11) is 0. The fourth-order valence-electron chi connectivity index (χ4n) is 1.88. The molecule has 0 saturated carbocycles. The molecule has 3 rings (SSSR count). The van der Waals surface area contributed by atoms with Gasteiger partial charge in [-0.25, -0.2) is 0 Å². The topological polar surface area (TPSA) is 29.1 Å². The Balaban J connectivity index is 2.05. The lowest BCUT2D eigenvalue weighted by atomic mass is 10.1. The number of rotatable bonds is 1. The van der Waals surface area contributed by atoms with Crippen LogP contribution in [0, 0.1) is 0 Å². The van der Waals surface area contributed by atoms with E-state index in [-0.39, 0.29) is 5.78 Å². The molecular weight excluding hydrogens is 266 g/mol. The Hall–Kier alpha value is -1.45. The quantitative estimate of drug-likeness (QED) is 0.650. The Labute approximate surface area is 114 Å². The number of carbonyl (C=O) groups excluding carboxylic acids is 1. The van der Waals surface area contributed by atoms with Crippen LogP contribution < -0.4 is 5.32 Å². The maximum absolute atomic E-state index is 11.4.